The van der Waals surface area contributed by atoms with E-state index in [1.807, 2.05) is 18.2 Å². The molecular formula is C29H26BrFN4O3. The van der Waals surface area contributed by atoms with Crippen molar-refractivity contribution >= 4 is 44.6 Å². The van der Waals surface area contributed by atoms with Crippen molar-refractivity contribution < 1.29 is 13.9 Å². The Morgan fingerprint density at radius 2 is 1.92 bits per heavy atom. The summed E-state index contributed by atoms with van der Waals surface area (Å²) in [6.07, 6.45) is 6.85. The second-order valence-corrected chi connectivity index (χ2v) is 10.1. The van der Waals surface area contributed by atoms with Crippen molar-refractivity contribution in [1.29, 1.82) is 0 Å². The van der Waals surface area contributed by atoms with Gasteiger partial charge in [0.25, 0.3) is 11.5 Å². The smallest absolute Gasteiger partial charge is 0.282 e. The van der Waals surface area contributed by atoms with Crippen LogP contribution in [0, 0.1) is 5.82 Å². The number of benzene rings is 3. The van der Waals surface area contributed by atoms with Gasteiger partial charge in [0.1, 0.15) is 17.4 Å². The third-order valence-corrected chi connectivity index (χ3v) is 7.00. The summed E-state index contributed by atoms with van der Waals surface area (Å²) in [4.78, 5) is 30.8. The summed E-state index contributed by atoms with van der Waals surface area (Å²) in [5, 5.41) is 7.66. The summed E-state index contributed by atoms with van der Waals surface area (Å²) in [7, 11) is 0. The van der Waals surface area contributed by atoms with Gasteiger partial charge in [-0.15, -0.1) is 0 Å². The quantitative estimate of drug-likeness (QED) is 0.264. The van der Waals surface area contributed by atoms with Crippen molar-refractivity contribution in [2.45, 2.75) is 38.0 Å². The summed E-state index contributed by atoms with van der Waals surface area (Å²) in [6.45, 7) is -0.278. The number of amides is 1. The van der Waals surface area contributed by atoms with Gasteiger partial charge in [0.15, 0.2) is 6.61 Å². The van der Waals surface area contributed by atoms with Crippen molar-refractivity contribution in [2.75, 3.05) is 11.9 Å². The van der Waals surface area contributed by atoms with E-state index < -0.39 is 11.7 Å². The van der Waals surface area contributed by atoms with Crippen LogP contribution in [-0.2, 0) is 4.79 Å². The lowest BCUT2D eigenvalue weighted by molar-refractivity contribution is -0.118. The number of hydrogen-bond acceptors (Lipinski definition) is 5. The van der Waals surface area contributed by atoms with Crippen LogP contribution in [0.5, 0.6) is 5.75 Å². The molecule has 0 spiro atoms. The number of ether oxygens (including phenoxy) is 1. The van der Waals surface area contributed by atoms with Gasteiger partial charge in [-0.05, 0) is 61.4 Å². The maximum absolute atomic E-state index is 13.5. The molecule has 0 radical (unpaired) electrons. The largest absolute Gasteiger partial charge is 0.483 e. The van der Waals surface area contributed by atoms with Crippen LogP contribution in [0.3, 0.4) is 0 Å². The van der Waals surface area contributed by atoms with Gasteiger partial charge in [0, 0.05) is 21.6 Å². The number of nitrogens with one attached hydrogen (secondary N) is 1. The number of para-hydroxylation sites is 1. The molecule has 4 aromatic rings. The molecule has 1 N–H and O–H groups in total. The molecule has 0 atom stereocenters. The molecule has 7 nitrogen and oxygen atoms in total. The van der Waals surface area contributed by atoms with Gasteiger partial charge in [-0.3, -0.25) is 9.59 Å². The SMILES string of the molecule is O=C(COc1ccccc1C=Nn1c(C2CCCCC2)nc2ccc(Br)cc2c1=O)Nc1cccc(F)c1. The van der Waals surface area contributed by atoms with Gasteiger partial charge >= 0.3 is 0 Å². The Balaban J connectivity index is 1.42. The molecule has 1 heterocycles. The Morgan fingerprint density at radius 1 is 1.11 bits per heavy atom. The highest BCUT2D eigenvalue weighted by Gasteiger charge is 2.22. The highest BCUT2D eigenvalue weighted by atomic mass is 79.9. The molecule has 1 aromatic heterocycles. The first-order valence-electron chi connectivity index (χ1n) is 12.5. The number of rotatable bonds is 7. The predicted octanol–water partition coefficient (Wildman–Crippen LogP) is 6.25. The third kappa shape index (κ3) is 5.99. The number of hydrogen-bond donors (Lipinski definition) is 1. The monoisotopic (exact) mass is 576 g/mol. The van der Waals surface area contributed by atoms with Crippen LogP contribution < -0.4 is 15.6 Å². The second kappa shape index (κ2) is 11.7. The molecule has 5 rings (SSSR count). The Labute approximate surface area is 227 Å². The standard InChI is InChI=1S/C29H26BrFN4O3/c30-21-13-14-25-24(15-21)29(37)35(28(34-25)19-7-2-1-3-8-19)32-17-20-9-4-5-12-26(20)38-18-27(36)33-23-11-6-10-22(31)16-23/h4-6,9-17,19H,1-3,7-8,18H2,(H,33,36). The molecule has 1 aliphatic rings. The van der Waals surface area contributed by atoms with Crippen LogP contribution in [0.1, 0.15) is 49.4 Å². The molecule has 1 aliphatic carbocycles. The fraction of sp³-hybridized carbons (Fsp3) is 0.241. The molecule has 0 saturated heterocycles. The van der Waals surface area contributed by atoms with Gasteiger partial charge in [0.05, 0.1) is 17.1 Å². The van der Waals surface area contributed by atoms with Crippen LogP contribution in [0.25, 0.3) is 10.9 Å². The van der Waals surface area contributed by atoms with Gasteiger partial charge in [-0.2, -0.15) is 9.78 Å². The van der Waals surface area contributed by atoms with Crippen molar-refractivity contribution in [3.05, 3.63) is 98.8 Å². The van der Waals surface area contributed by atoms with E-state index in [0.29, 0.717) is 33.7 Å². The summed E-state index contributed by atoms with van der Waals surface area (Å²) in [5.74, 6) is 0.369. The Kier molecular flexibility index (Phi) is 7.93. The maximum atomic E-state index is 13.5. The van der Waals surface area contributed by atoms with Crippen LogP contribution in [-0.4, -0.2) is 28.4 Å². The molecule has 1 fully saturated rings. The number of nitrogens with zero attached hydrogens (tertiary/aromatic N) is 3. The summed E-state index contributed by atoms with van der Waals surface area (Å²) in [5.41, 5.74) is 1.36. The van der Waals surface area contributed by atoms with Gasteiger partial charge in [-0.25, -0.2) is 9.37 Å². The van der Waals surface area contributed by atoms with E-state index >= 15 is 0 Å². The Bertz CT molecular complexity index is 1560. The molecule has 0 bridgehead atoms. The molecule has 194 valence electrons. The van der Waals surface area contributed by atoms with Crippen LogP contribution in [0.4, 0.5) is 10.1 Å². The molecule has 38 heavy (non-hydrogen) atoms. The molecule has 1 amide bonds. The zero-order valence-electron chi connectivity index (χ0n) is 20.6. The second-order valence-electron chi connectivity index (χ2n) is 9.21. The summed E-state index contributed by atoms with van der Waals surface area (Å²) in [6, 6.07) is 18.2. The van der Waals surface area contributed by atoms with Crippen LogP contribution in [0.2, 0.25) is 0 Å². The van der Waals surface area contributed by atoms with Crippen LogP contribution in [0.15, 0.2) is 81.1 Å². The summed E-state index contributed by atoms with van der Waals surface area (Å²) >= 11 is 3.44. The molecule has 0 unspecified atom stereocenters. The lowest BCUT2D eigenvalue weighted by atomic mass is 9.88. The zero-order valence-corrected chi connectivity index (χ0v) is 22.2. The molecular weight excluding hydrogens is 551 g/mol. The van der Waals surface area contributed by atoms with E-state index in [1.54, 1.807) is 36.5 Å². The topological polar surface area (TPSA) is 85.6 Å². The van der Waals surface area contributed by atoms with E-state index in [-0.39, 0.29) is 18.1 Å². The minimum absolute atomic E-state index is 0.152. The number of aromatic nitrogens is 2. The highest BCUT2D eigenvalue weighted by Crippen LogP contribution is 2.32. The van der Waals surface area contributed by atoms with Gasteiger partial charge in [-0.1, -0.05) is 53.4 Å². The minimum atomic E-state index is -0.441. The molecule has 9 heteroatoms. The fourth-order valence-electron chi connectivity index (χ4n) is 4.65. The Morgan fingerprint density at radius 3 is 2.74 bits per heavy atom. The fourth-order valence-corrected chi connectivity index (χ4v) is 5.01. The average Bonchev–Trinajstić information content (AvgIpc) is 2.92. The first kappa shape index (κ1) is 25.8. The van der Waals surface area contributed by atoms with E-state index in [2.05, 4.69) is 26.3 Å². The van der Waals surface area contributed by atoms with Crippen molar-refractivity contribution in [2.24, 2.45) is 5.10 Å². The van der Waals surface area contributed by atoms with Crippen molar-refractivity contribution in [1.82, 2.24) is 9.66 Å². The van der Waals surface area contributed by atoms with E-state index in [4.69, 9.17) is 9.72 Å². The third-order valence-electron chi connectivity index (χ3n) is 6.50. The number of halogens is 2. The van der Waals surface area contributed by atoms with Gasteiger partial charge < -0.3 is 10.1 Å². The van der Waals surface area contributed by atoms with Crippen molar-refractivity contribution in [3.8, 4) is 5.75 Å². The molecule has 0 aliphatic heterocycles. The maximum Gasteiger partial charge on any atom is 0.282 e. The number of carbonyl (C=O) groups excluding carboxylic acids is 1. The zero-order chi connectivity index (χ0) is 26.5. The minimum Gasteiger partial charge on any atom is -0.483 e. The normalized spacial score (nSPS) is 14.2. The number of carbonyl (C=O) groups is 1. The lowest BCUT2D eigenvalue weighted by Gasteiger charge is -2.22. The first-order valence-corrected chi connectivity index (χ1v) is 13.3. The lowest BCUT2D eigenvalue weighted by Crippen LogP contribution is -2.25. The number of fused-ring (bicyclic) bond motifs is 1. The Hall–Kier alpha value is -3.85. The van der Waals surface area contributed by atoms with Crippen LogP contribution >= 0.6 is 15.9 Å². The summed E-state index contributed by atoms with van der Waals surface area (Å²) < 4.78 is 21.3. The number of anilines is 1. The van der Waals surface area contributed by atoms with Gasteiger partial charge in [0.2, 0.25) is 0 Å². The molecule has 3 aromatic carbocycles. The highest BCUT2D eigenvalue weighted by molar-refractivity contribution is 9.10. The van der Waals surface area contributed by atoms with E-state index in [9.17, 15) is 14.0 Å². The van der Waals surface area contributed by atoms with E-state index in [1.165, 1.54) is 29.3 Å². The average molecular weight is 577 g/mol. The molecule has 1 saturated carbocycles. The first-order chi connectivity index (χ1) is 18.5. The predicted molar refractivity (Wildman–Crippen MR) is 149 cm³/mol. The van der Waals surface area contributed by atoms with Crippen molar-refractivity contribution in [3.63, 3.8) is 0 Å². The van der Waals surface area contributed by atoms with E-state index in [0.717, 1.165) is 30.2 Å².